The molecule has 0 aromatic carbocycles. The fourth-order valence-electron chi connectivity index (χ4n) is 2.30. The van der Waals surface area contributed by atoms with Crippen LogP contribution in [0.1, 0.15) is 53.4 Å². The van der Waals surface area contributed by atoms with E-state index in [2.05, 4.69) is 38.3 Å². The van der Waals surface area contributed by atoms with Gasteiger partial charge in [0.05, 0.1) is 0 Å². The van der Waals surface area contributed by atoms with E-state index in [1.165, 1.54) is 25.7 Å². The van der Waals surface area contributed by atoms with Gasteiger partial charge >= 0.3 is 0 Å². The number of hydrogen-bond donors (Lipinski definition) is 2. The minimum Gasteiger partial charge on any atom is -0.357 e. The Hall–Kier alpha value is -0.730. The van der Waals surface area contributed by atoms with E-state index in [4.69, 9.17) is 4.99 Å². The summed E-state index contributed by atoms with van der Waals surface area (Å²) in [5, 5.41) is 6.72. The van der Waals surface area contributed by atoms with Crippen molar-refractivity contribution < 1.29 is 0 Å². The van der Waals surface area contributed by atoms with Crippen LogP contribution in [0.3, 0.4) is 0 Å². The highest BCUT2D eigenvalue weighted by molar-refractivity contribution is 5.79. The van der Waals surface area contributed by atoms with Gasteiger partial charge in [0.2, 0.25) is 0 Å². The fraction of sp³-hybridized carbons (Fsp3) is 0.929. The lowest BCUT2D eigenvalue weighted by Gasteiger charge is -2.22. The molecule has 0 radical (unpaired) electrons. The van der Waals surface area contributed by atoms with E-state index in [9.17, 15) is 0 Å². The molecule has 2 N–H and O–H groups in total. The maximum absolute atomic E-state index is 4.73. The summed E-state index contributed by atoms with van der Waals surface area (Å²) in [7, 11) is 0. The fourth-order valence-corrected chi connectivity index (χ4v) is 2.30. The predicted molar refractivity (Wildman–Crippen MR) is 75.4 cm³/mol. The molecule has 0 amide bonds. The number of nitrogens with zero attached hydrogens (tertiary/aromatic N) is 1. The third-order valence-electron chi connectivity index (χ3n) is 3.45. The van der Waals surface area contributed by atoms with Gasteiger partial charge < -0.3 is 10.6 Å². The van der Waals surface area contributed by atoms with Gasteiger partial charge in [0.1, 0.15) is 0 Å². The molecule has 1 rings (SSSR count). The molecule has 0 saturated heterocycles. The van der Waals surface area contributed by atoms with Crippen molar-refractivity contribution in [2.45, 2.75) is 53.4 Å². The van der Waals surface area contributed by atoms with Crippen molar-refractivity contribution in [3.63, 3.8) is 0 Å². The van der Waals surface area contributed by atoms with E-state index in [1.807, 2.05) is 0 Å². The summed E-state index contributed by atoms with van der Waals surface area (Å²) in [6.45, 7) is 11.8. The summed E-state index contributed by atoms with van der Waals surface area (Å²) in [5.74, 6) is 1.63. The van der Waals surface area contributed by atoms with Crippen LogP contribution in [-0.2, 0) is 0 Å². The molecule has 3 nitrogen and oxygen atoms in total. The average molecular weight is 239 g/mol. The lowest BCUT2D eigenvalue weighted by atomic mass is 9.89. The van der Waals surface area contributed by atoms with E-state index in [1.54, 1.807) is 0 Å². The minimum atomic E-state index is 0.445. The summed E-state index contributed by atoms with van der Waals surface area (Å²) in [5.41, 5.74) is 0.445. The highest BCUT2D eigenvalue weighted by Gasteiger charge is 2.28. The van der Waals surface area contributed by atoms with Gasteiger partial charge in [-0.3, -0.25) is 4.99 Å². The van der Waals surface area contributed by atoms with Crippen LogP contribution in [0.15, 0.2) is 4.99 Å². The van der Waals surface area contributed by atoms with Crippen molar-refractivity contribution in [1.82, 2.24) is 10.6 Å². The maximum Gasteiger partial charge on any atom is 0.191 e. The molecular weight excluding hydrogens is 210 g/mol. The summed E-state index contributed by atoms with van der Waals surface area (Å²) >= 11 is 0. The molecular formula is C14H29N3. The van der Waals surface area contributed by atoms with Crippen molar-refractivity contribution in [3.05, 3.63) is 0 Å². The van der Waals surface area contributed by atoms with Crippen LogP contribution in [0.4, 0.5) is 0 Å². The highest BCUT2D eigenvalue weighted by Crippen LogP contribution is 2.37. The molecule has 0 spiro atoms. The largest absolute Gasteiger partial charge is 0.357 e. The van der Waals surface area contributed by atoms with Gasteiger partial charge in [0.15, 0.2) is 5.96 Å². The van der Waals surface area contributed by atoms with Crippen molar-refractivity contribution in [2.75, 3.05) is 19.6 Å². The molecule has 1 saturated carbocycles. The molecule has 1 fully saturated rings. The second-order valence-electron chi connectivity index (χ2n) is 5.99. The lowest BCUT2D eigenvalue weighted by molar-refractivity contribution is 0.350. The molecule has 3 heteroatoms. The minimum absolute atomic E-state index is 0.445. The Labute approximate surface area is 106 Å². The zero-order valence-electron chi connectivity index (χ0n) is 12.0. The van der Waals surface area contributed by atoms with Gasteiger partial charge in [0.25, 0.3) is 0 Å². The van der Waals surface area contributed by atoms with Gasteiger partial charge in [0, 0.05) is 19.6 Å². The zero-order chi connectivity index (χ0) is 12.7. The van der Waals surface area contributed by atoms with Crippen LogP contribution < -0.4 is 10.6 Å². The van der Waals surface area contributed by atoms with E-state index in [0.717, 1.165) is 25.6 Å². The van der Waals surface area contributed by atoms with E-state index >= 15 is 0 Å². The van der Waals surface area contributed by atoms with Gasteiger partial charge in [-0.2, -0.15) is 0 Å². The van der Waals surface area contributed by atoms with Crippen molar-refractivity contribution in [3.8, 4) is 0 Å². The van der Waals surface area contributed by atoms with Crippen LogP contribution >= 0.6 is 0 Å². The Balaban J connectivity index is 2.44. The molecule has 0 aromatic heterocycles. The second-order valence-corrected chi connectivity index (χ2v) is 5.99. The third kappa shape index (κ3) is 5.42. The molecule has 1 aliphatic rings. The molecule has 17 heavy (non-hydrogen) atoms. The lowest BCUT2D eigenvalue weighted by Crippen LogP contribution is -2.39. The number of hydrogen-bond acceptors (Lipinski definition) is 1. The predicted octanol–water partition coefficient (Wildman–Crippen LogP) is 2.78. The molecule has 1 aliphatic carbocycles. The number of guanidine groups is 1. The summed E-state index contributed by atoms with van der Waals surface area (Å²) in [6.07, 6.45) is 5.42. The molecule has 100 valence electrons. The van der Waals surface area contributed by atoms with Crippen LogP contribution in [0.5, 0.6) is 0 Å². The maximum atomic E-state index is 4.73. The summed E-state index contributed by atoms with van der Waals surface area (Å²) in [6, 6.07) is 0. The summed E-state index contributed by atoms with van der Waals surface area (Å²) < 4.78 is 0. The number of rotatable bonds is 5. The Bertz CT molecular complexity index is 240. The Morgan fingerprint density at radius 1 is 1.24 bits per heavy atom. The first kappa shape index (κ1) is 14.3. The first-order valence-corrected chi connectivity index (χ1v) is 7.08. The Kier molecular flexibility index (Phi) is 5.79. The SMILES string of the molecule is CCNC(=NCC1(C)CCCC1)NCC(C)C. The molecule has 0 aromatic rings. The molecule has 0 bridgehead atoms. The normalized spacial score (nSPS) is 19.7. The number of aliphatic imine (C=N–C) groups is 1. The zero-order valence-corrected chi connectivity index (χ0v) is 12.0. The number of nitrogens with one attached hydrogen (secondary N) is 2. The van der Waals surface area contributed by atoms with Gasteiger partial charge in [-0.15, -0.1) is 0 Å². The highest BCUT2D eigenvalue weighted by atomic mass is 15.2. The van der Waals surface area contributed by atoms with E-state index in [-0.39, 0.29) is 0 Å². The second kappa shape index (κ2) is 6.87. The molecule has 0 unspecified atom stereocenters. The van der Waals surface area contributed by atoms with Crippen molar-refractivity contribution >= 4 is 5.96 Å². The van der Waals surface area contributed by atoms with E-state index in [0.29, 0.717) is 11.3 Å². The smallest absolute Gasteiger partial charge is 0.191 e. The Morgan fingerprint density at radius 2 is 1.88 bits per heavy atom. The van der Waals surface area contributed by atoms with Crippen molar-refractivity contribution in [2.24, 2.45) is 16.3 Å². The molecule has 0 atom stereocenters. The molecule has 0 aliphatic heterocycles. The average Bonchev–Trinajstić information content (AvgIpc) is 2.70. The van der Waals surface area contributed by atoms with Crippen LogP contribution in [0.25, 0.3) is 0 Å². The van der Waals surface area contributed by atoms with Crippen molar-refractivity contribution in [1.29, 1.82) is 0 Å². The standard InChI is InChI=1S/C14H29N3/c1-5-15-13(16-10-12(2)3)17-11-14(4)8-6-7-9-14/h12H,5-11H2,1-4H3,(H2,15,16,17). The monoisotopic (exact) mass is 239 g/mol. The van der Waals surface area contributed by atoms with Gasteiger partial charge in [-0.25, -0.2) is 0 Å². The van der Waals surface area contributed by atoms with Gasteiger partial charge in [-0.05, 0) is 31.1 Å². The molecule has 0 heterocycles. The quantitative estimate of drug-likeness (QED) is 0.572. The van der Waals surface area contributed by atoms with E-state index < -0.39 is 0 Å². The van der Waals surface area contributed by atoms with Crippen LogP contribution in [-0.4, -0.2) is 25.6 Å². The summed E-state index contributed by atoms with van der Waals surface area (Å²) in [4.78, 5) is 4.73. The van der Waals surface area contributed by atoms with Crippen LogP contribution in [0, 0.1) is 11.3 Å². The third-order valence-corrected chi connectivity index (χ3v) is 3.45. The van der Waals surface area contributed by atoms with Crippen LogP contribution in [0.2, 0.25) is 0 Å². The first-order valence-electron chi connectivity index (χ1n) is 7.08. The first-order chi connectivity index (χ1) is 8.06. The topological polar surface area (TPSA) is 36.4 Å². The van der Waals surface area contributed by atoms with Gasteiger partial charge in [-0.1, -0.05) is 33.6 Å². The Morgan fingerprint density at radius 3 is 2.41 bits per heavy atom.